The molecule has 1 aromatic carbocycles. The summed E-state index contributed by atoms with van der Waals surface area (Å²) in [5.74, 6) is -0.167. The first-order valence-electron chi connectivity index (χ1n) is 16.0. The van der Waals surface area contributed by atoms with Crippen molar-refractivity contribution in [2.24, 2.45) is 0 Å². The van der Waals surface area contributed by atoms with Crippen LogP contribution in [0, 0.1) is 0 Å². The van der Waals surface area contributed by atoms with Crippen LogP contribution in [-0.4, -0.2) is 87.2 Å². The number of H-pyrrole nitrogens is 1. The number of carbonyl (C=O) groups is 2. The molecular weight excluding hydrogens is 602 g/mol. The Labute approximate surface area is 273 Å². The number of pyridine rings is 1. The lowest BCUT2D eigenvalue weighted by Crippen LogP contribution is -2.55. The third-order valence-electron chi connectivity index (χ3n) is 8.30. The number of carbonyl (C=O) groups excluding carboxylic acids is 2. The number of anilines is 2. The fourth-order valence-electron chi connectivity index (χ4n) is 5.75. The van der Waals surface area contributed by atoms with Crippen molar-refractivity contribution < 1.29 is 19.1 Å². The van der Waals surface area contributed by atoms with Crippen molar-refractivity contribution in [2.45, 2.75) is 58.2 Å². The van der Waals surface area contributed by atoms with Crippen LogP contribution in [0.2, 0.25) is 0 Å². The maximum absolute atomic E-state index is 13.0. The number of aromatic amines is 1. The molecule has 0 aliphatic carbocycles. The van der Waals surface area contributed by atoms with Crippen LogP contribution in [0.4, 0.5) is 11.5 Å². The summed E-state index contributed by atoms with van der Waals surface area (Å²) in [6.45, 7) is 5.82. The van der Waals surface area contributed by atoms with Gasteiger partial charge in [-0.15, -0.1) is 0 Å². The smallest absolute Gasteiger partial charge is 0.327 e. The van der Waals surface area contributed by atoms with Crippen molar-refractivity contribution in [3.05, 3.63) is 70.4 Å². The van der Waals surface area contributed by atoms with E-state index in [0.717, 1.165) is 49.2 Å². The average molecular weight is 646 g/mol. The van der Waals surface area contributed by atoms with Crippen molar-refractivity contribution in [1.29, 1.82) is 0 Å². The highest BCUT2D eigenvalue weighted by atomic mass is 16.5. The normalized spacial score (nSPS) is 15.1. The lowest BCUT2D eigenvalue weighted by atomic mass is 10.0. The molecule has 0 saturated carbocycles. The minimum Gasteiger partial charge on any atom is -0.469 e. The molecule has 1 saturated heterocycles. The van der Waals surface area contributed by atoms with Gasteiger partial charge in [-0.2, -0.15) is 9.97 Å². The molecule has 47 heavy (non-hydrogen) atoms. The first-order chi connectivity index (χ1) is 22.8. The number of ether oxygens (including phenoxy) is 2. The number of amides is 1. The molecule has 0 bridgehead atoms. The molecule has 4 aromatic rings. The summed E-state index contributed by atoms with van der Waals surface area (Å²) < 4.78 is 12.0. The molecule has 1 unspecified atom stereocenters. The molecule has 14 heteroatoms. The van der Waals surface area contributed by atoms with E-state index >= 15 is 0 Å². The largest absolute Gasteiger partial charge is 0.469 e. The fraction of sp³-hybridized carbons (Fsp3) is 0.455. The number of imidazole rings is 1. The number of benzene rings is 1. The van der Waals surface area contributed by atoms with E-state index in [0.29, 0.717) is 43.8 Å². The summed E-state index contributed by atoms with van der Waals surface area (Å²) in [4.78, 5) is 57.5. The number of nitrogens with one attached hydrogen (secondary N) is 2. The van der Waals surface area contributed by atoms with E-state index in [1.165, 1.54) is 7.11 Å². The van der Waals surface area contributed by atoms with E-state index in [4.69, 9.17) is 15.2 Å². The number of nitrogen functional groups attached to an aromatic ring is 1. The Morgan fingerprint density at radius 3 is 2.57 bits per heavy atom. The van der Waals surface area contributed by atoms with Gasteiger partial charge in [0.05, 0.1) is 26.7 Å². The number of hydrogen-bond acceptors (Lipinski definition) is 11. The second-order valence-electron chi connectivity index (χ2n) is 11.6. The summed E-state index contributed by atoms with van der Waals surface area (Å²) in [5.41, 5.74) is 9.55. The molecule has 4 N–H and O–H groups in total. The van der Waals surface area contributed by atoms with E-state index < -0.39 is 0 Å². The molecule has 1 atom stereocenters. The number of aromatic nitrogens is 5. The number of unbranched alkanes of at least 4 members (excludes halogenated alkanes) is 1. The van der Waals surface area contributed by atoms with E-state index in [9.17, 15) is 14.4 Å². The number of nitrogens with zero attached hydrogens (tertiary/aromatic N) is 6. The van der Waals surface area contributed by atoms with Crippen molar-refractivity contribution in [2.75, 3.05) is 50.5 Å². The topological polar surface area (TPSA) is 174 Å². The first kappa shape index (κ1) is 33.4. The zero-order chi connectivity index (χ0) is 33.2. The predicted octanol–water partition coefficient (Wildman–Crippen LogP) is 2.28. The SMILES string of the molecule is CCCCOc1nc(N)c2[nH]c(=O)n(CCCC3CN(CC(=O)NCc4ccc(CC(=O)OC)cc4)CCN3c3ccncc3)c2n1. The minimum atomic E-state index is -0.294. The molecule has 14 nitrogen and oxygen atoms in total. The Balaban J connectivity index is 1.20. The predicted molar refractivity (Wildman–Crippen MR) is 178 cm³/mol. The van der Waals surface area contributed by atoms with Crippen LogP contribution in [0.3, 0.4) is 0 Å². The third-order valence-corrected chi connectivity index (χ3v) is 8.30. The molecule has 1 aliphatic rings. The van der Waals surface area contributed by atoms with Crippen LogP contribution in [0.5, 0.6) is 6.01 Å². The zero-order valence-electron chi connectivity index (χ0n) is 27.0. The fourth-order valence-corrected chi connectivity index (χ4v) is 5.75. The van der Waals surface area contributed by atoms with Gasteiger partial charge in [0.15, 0.2) is 11.5 Å². The van der Waals surface area contributed by atoms with E-state index in [-0.39, 0.29) is 48.4 Å². The van der Waals surface area contributed by atoms with Crippen molar-refractivity contribution in [1.82, 2.24) is 34.7 Å². The van der Waals surface area contributed by atoms with Crippen LogP contribution in [0.25, 0.3) is 11.2 Å². The van der Waals surface area contributed by atoms with E-state index in [1.54, 1.807) is 17.0 Å². The Bertz CT molecular complexity index is 1690. The second-order valence-corrected chi connectivity index (χ2v) is 11.6. The van der Waals surface area contributed by atoms with Gasteiger partial charge in [0.2, 0.25) is 5.91 Å². The maximum atomic E-state index is 13.0. The number of aryl methyl sites for hydroxylation is 1. The second kappa shape index (κ2) is 16.0. The zero-order valence-corrected chi connectivity index (χ0v) is 27.0. The van der Waals surface area contributed by atoms with Gasteiger partial charge in [0.25, 0.3) is 0 Å². The molecule has 250 valence electrons. The van der Waals surface area contributed by atoms with Crippen LogP contribution in [0.15, 0.2) is 53.6 Å². The van der Waals surface area contributed by atoms with Crippen LogP contribution in [-0.2, 0) is 33.8 Å². The lowest BCUT2D eigenvalue weighted by Gasteiger charge is -2.42. The number of rotatable bonds is 15. The van der Waals surface area contributed by atoms with Gasteiger partial charge in [-0.3, -0.25) is 24.0 Å². The monoisotopic (exact) mass is 645 g/mol. The van der Waals surface area contributed by atoms with Crippen molar-refractivity contribution >= 4 is 34.5 Å². The molecule has 1 amide bonds. The van der Waals surface area contributed by atoms with Crippen molar-refractivity contribution in [3.8, 4) is 6.01 Å². The summed E-state index contributed by atoms with van der Waals surface area (Å²) in [6, 6.07) is 11.8. The minimum absolute atomic E-state index is 0.0562. The Hall–Kier alpha value is -4.98. The summed E-state index contributed by atoms with van der Waals surface area (Å²) >= 11 is 0. The first-order valence-corrected chi connectivity index (χ1v) is 16.0. The number of fused-ring (bicyclic) bond motifs is 1. The molecule has 0 radical (unpaired) electrons. The van der Waals surface area contributed by atoms with E-state index in [2.05, 4.69) is 42.0 Å². The Morgan fingerprint density at radius 2 is 1.83 bits per heavy atom. The molecule has 3 aromatic heterocycles. The Kier molecular flexibility index (Phi) is 11.4. The molecule has 1 aliphatic heterocycles. The summed E-state index contributed by atoms with van der Waals surface area (Å²) in [6.07, 6.45) is 7.09. The average Bonchev–Trinajstić information content (AvgIpc) is 3.40. The summed E-state index contributed by atoms with van der Waals surface area (Å²) in [7, 11) is 1.37. The van der Waals surface area contributed by atoms with Gasteiger partial charge >= 0.3 is 17.7 Å². The number of methoxy groups -OCH3 is 1. The van der Waals surface area contributed by atoms with Gasteiger partial charge in [-0.05, 0) is 42.5 Å². The molecule has 1 fully saturated rings. The standard InChI is InChI=1S/C33H43N9O5/c1-3-4-18-47-32-38-30(34)29-31(39-32)42(33(45)37-29)15-5-6-26-21-40(16-17-41(26)25-11-13-35-14-12-25)22-27(43)36-20-24-9-7-23(8-10-24)19-28(44)46-2/h7-14,26H,3-6,15-22H2,1-2H3,(H,36,43)(H,37,45)(H2,34,38,39). The molecule has 5 rings (SSSR count). The highest BCUT2D eigenvalue weighted by Gasteiger charge is 2.28. The van der Waals surface area contributed by atoms with Gasteiger partial charge in [0.1, 0.15) is 5.52 Å². The van der Waals surface area contributed by atoms with Gasteiger partial charge in [0, 0.05) is 56.8 Å². The van der Waals surface area contributed by atoms with Gasteiger partial charge < -0.3 is 30.4 Å². The molecule has 0 spiro atoms. The van der Waals surface area contributed by atoms with Crippen LogP contribution >= 0.6 is 0 Å². The number of hydrogen-bond donors (Lipinski definition) is 3. The lowest BCUT2D eigenvalue weighted by molar-refractivity contribution is -0.139. The van der Waals surface area contributed by atoms with Gasteiger partial charge in [-0.25, -0.2) is 4.79 Å². The highest BCUT2D eigenvalue weighted by molar-refractivity contribution is 5.82. The quantitative estimate of drug-likeness (QED) is 0.128. The number of piperazine rings is 1. The number of esters is 1. The van der Waals surface area contributed by atoms with Crippen LogP contribution in [0.1, 0.15) is 43.7 Å². The van der Waals surface area contributed by atoms with Crippen LogP contribution < -0.4 is 26.4 Å². The maximum Gasteiger partial charge on any atom is 0.327 e. The van der Waals surface area contributed by atoms with Gasteiger partial charge in [-0.1, -0.05) is 37.6 Å². The Morgan fingerprint density at radius 1 is 1.06 bits per heavy atom. The van der Waals surface area contributed by atoms with Crippen molar-refractivity contribution in [3.63, 3.8) is 0 Å². The molecule has 4 heterocycles. The highest BCUT2D eigenvalue weighted by Crippen LogP contribution is 2.24. The van der Waals surface area contributed by atoms with E-state index in [1.807, 2.05) is 36.4 Å². The molecular formula is C33H43N9O5. The third kappa shape index (κ3) is 8.85. The number of nitrogens with two attached hydrogens (primary N) is 1. The summed E-state index contributed by atoms with van der Waals surface area (Å²) in [5, 5.41) is 3.02.